The minimum Gasteiger partial charge on any atom is -0.265 e. The van der Waals surface area contributed by atoms with Crippen molar-refractivity contribution >= 4 is 0 Å². The van der Waals surface area contributed by atoms with Gasteiger partial charge in [0.15, 0.2) is 0 Å². The quantitative estimate of drug-likeness (QED) is 0.704. The molecule has 3 rings (SSSR count). The number of aryl methyl sites for hydroxylation is 2. The van der Waals surface area contributed by atoms with E-state index < -0.39 is 0 Å². The zero-order valence-electron chi connectivity index (χ0n) is 11.5. The second-order valence-corrected chi connectivity index (χ2v) is 4.79. The van der Waals surface area contributed by atoms with Gasteiger partial charge in [-0.3, -0.25) is 4.98 Å². The summed E-state index contributed by atoms with van der Waals surface area (Å²) in [5.41, 5.74) is 5.28. The lowest BCUT2D eigenvalue weighted by Crippen LogP contribution is -1.94. The number of hydrogen-bond acceptors (Lipinski definition) is 3. The van der Waals surface area contributed by atoms with E-state index in [1.807, 2.05) is 25.1 Å². The Balaban J connectivity index is 2.09. The highest BCUT2D eigenvalue weighted by Gasteiger charge is 2.06. The molecule has 3 aromatic rings. The summed E-state index contributed by atoms with van der Waals surface area (Å²) >= 11 is 0. The van der Waals surface area contributed by atoms with Crippen molar-refractivity contribution in [3.05, 3.63) is 66.2 Å². The summed E-state index contributed by atoms with van der Waals surface area (Å²) in [4.78, 5) is 13.1. The van der Waals surface area contributed by atoms with Gasteiger partial charge in [-0.05, 0) is 32.0 Å². The number of aromatic nitrogens is 3. The van der Waals surface area contributed by atoms with E-state index in [2.05, 4.69) is 46.1 Å². The Kier molecular flexibility index (Phi) is 3.25. The molecular formula is C17H15N3. The van der Waals surface area contributed by atoms with Crippen LogP contribution in [0.5, 0.6) is 0 Å². The number of nitrogens with zero attached hydrogens (tertiary/aromatic N) is 3. The van der Waals surface area contributed by atoms with E-state index in [1.54, 1.807) is 12.4 Å². The van der Waals surface area contributed by atoms with E-state index >= 15 is 0 Å². The molecular weight excluding hydrogens is 246 g/mol. The van der Waals surface area contributed by atoms with Crippen molar-refractivity contribution < 1.29 is 0 Å². The Morgan fingerprint density at radius 2 is 1.25 bits per heavy atom. The van der Waals surface area contributed by atoms with Crippen LogP contribution < -0.4 is 0 Å². The molecule has 0 atom stereocenters. The van der Waals surface area contributed by atoms with Gasteiger partial charge >= 0.3 is 0 Å². The van der Waals surface area contributed by atoms with Crippen molar-refractivity contribution in [2.24, 2.45) is 0 Å². The smallest absolute Gasteiger partial charge is 0.126 e. The number of hydrogen-bond donors (Lipinski definition) is 0. The van der Waals surface area contributed by atoms with E-state index in [-0.39, 0.29) is 0 Å². The Morgan fingerprint density at radius 3 is 1.85 bits per heavy atom. The second-order valence-electron chi connectivity index (χ2n) is 4.79. The van der Waals surface area contributed by atoms with Crippen LogP contribution in [0.2, 0.25) is 0 Å². The monoisotopic (exact) mass is 261 g/mol. The highest BCUT2D eigenvalue weighted by Crippen LogP contribution is 2.23. The molecule has 3 nitrogen and oxygen atoms in total. The maximum atomic E-state index is 4.53. The zero-order valence-corrected chi connectivity index (χ0v) is 11.5. The van der Waals surface area contributed by atoms with Crippen LogP contribution in [0.4, 0.5) is 0 Å². The van der Waals surface area contributed by atoms with Crippen LogP contribution in [0.3, 0.4) is 0 Å². The van der Waals surface area contributed by atoms with Gasteiger partial charge in [0.2, 0.25) is 0 Å². The molecule has 0 fully saturated rings. The van der Waals surface area contributed by atoms with Crippen molar-refractivity contribution in [3.8, 4) is 22.5 Å². The summed E-state index contributed by atoms with van der Waals surface area (Å²) in [5.74, 6) is 0.773. The van der Waals surface area contributed by atoms with Crippen LogP contribution in [0.15, 0.2) is 54.9 Å². The highest BCUT2D eigenvalue weighted by atomic mass is 14.9. The largest absolute Gasteiger partial charge is 0.265 e. The van der Waals surface area contributed by atoms with Gasteiger partial charge in [-0.25, -0.2) is 9.97 Å². The fraction of sp³-hybridized carbons (Fsp3) is 0.118. The zero-order chi connectivity index (χ0) is 13.9. The molecule has 0 N–H and O–H groups in total. The van der Waals surface area contributed by atoms with Gasteiger partial charge in [0.05, 0.1) is 11.4 Å². The average Bonchev–Trinajstić information content (AvgIpc) is 2.48. The lowest BCUT2D eigenvalue weighted by atomic mass is 10.1. The predicted octanol–water partition coefficient (Wildman–Crippen LogP) is 3.82. The number of pyridine rings is 1. The van der Waals surface area contributed by atoms with E-state index in [0.717, 1.165) is 28.3 Å². The standard InChI is InChI=1S/C17H15N3/c1-12-3-5-14(6-4-12)16-11-17(20-13(2)19-16)15-7-9-18-10-8-15/h3-11H,1-2H3. The van der Waals surface area contributed by atoms with Crippen LogP contribution in [-0.2, 0) is 0 Å². The number of benzene rings is 1. The topological polar surface area (TPSA) is 38.7 Å². The first-order chi connectivity index (χ1) is 9.72. The van der Waals surface area contributed by atoms with E-state index in [4.69, 9.17) is 0 Å². The summed E-state index contributed by atoms with van der Waals surface area (Å²) in [5, 5.41) is 0. The van der Waals surface area contributed by atoms with E-state index in [1.165, 1.54) is 5.56 Å². The third-order valence-corrected chi connectivity index (χ3v) is 3.16. The van der Waals surface area contributed by atoms with Crippen LogP contribution in [-0.4, -0.2) is 15.0 Å². The highest BCUT2D eigenvalue weighted by molar-refractivity contribution is 5.67. The molecule has 0 saturated heterocycles. The summed E-state index contributed by atoms with van der Waals surface area (Å²) in [7, 11) is 0. The molecule has 0 aliphatic carbocycles. The van der Waals surface area contributed by atoms with Crippen molar-refractivity contribution in [2.75, 3.05) is 0 Å². The molecule has 0 spiro atoms. The van der Waals surface area contributed by atoms with Gasteiger partial charge in [0.1, 0.15) is 5.82 Å². The van der Waals surface area contributed by atoms with Crippen LogP contribution >= 0.6 is 0 Å². The molecule has 0 unspecified atom stereocenters. The molecule has 0 radical (unpaired) electrons. The molecule has 0 amide bonds. The molecule has 0 aliphatic heterocycles. The first kappa shape index (κ1) is 12.5. The minimum absolute atomic E-state index is 0.773. The van der Waals surface area contributed by atoms with Crippen LogP contribution in [0.25, 0.3) is 22.5 Å². The van der Waals surface area contributed by atoms with Crippen molar-refractivity contribution in [1.82, 2.24) is 15.0 Å². The van der Waals surface area contributed by atoms with E-state index in [0.29, 0.717) is 0 Å². The molecule has 0 aliphatic rings. The molecule has 1 aromatic carbocycles. The third kappa shape index (κ3) is 2.57. The van der Waals surface area contributed by atoms with Crippen LogP contribution in [0, 0.1) is 13.8 Å². The SMILES string of the molecule is Cc1ccc(-c2cc(-c3ccncc3)nc(C)n2)cc1. The predicted molar refractivity (Wildman–Crippen MR) is 80.2 cm³/mol. The fourth-order valence-corrected chi connectivity index (χ4v) is 2.11. The lowest BCUT2D eigenvalue weighted by Gasteiger charge is -2.06. The fourth-order valence-electron chi connectivity index (χ4n) is 2.11. The maximum absolute atomic E-state index is 4.53. The van der Waals surface area contributed by atoms with Gasteiger partial charge < -0.3 is 0 Å². The molecule has 20 heavy (non-hydrogen) atoms. The molecule has 0 saturated carbocycles. The van der Waals surface area contributed by atoms with Crippen LogP contribution in [0.1, 0.15) is 11.4 Å². The Morgan fingerprint density at radius 1 is 0.700 bits per heavy atom. The van der Waals surface area contributed by atoms with Crippen molar-refractivity contribution in [1.29, 1.82) is 0 Å². The minimum atomic E-state index is 0.773. The first-order valence-electron chi connectivity index (χ1n) is 6.55. The molecule has 2 aromatic heterocycles. The Labute approximate surface area is 118 Å². The van der Waals surface area contributed by atoms with Gasteiger partial charge in [0, 0.05) is 23.5 Å². The average molecular weight is 261 g/mol. The first-order valence-corrected chi connectivity index (χ1v) is 6.55. The van der Waals surface area contributed by atoms with E-state index in [9.17, 15) is 0 Å². The van der Waals surface area contributed by atoms with Crippen molar-refractivity contribution in [2.45, 2.75) is 13.8 Å². The van der Waals surface area contributed by atoms with Gasteiger partial charge in [-0.2, -0.15) is 0 Å². The van der Waals surface area contributed by atoms with Gasteiger partial charge in [-0.15, -0.1) is 0 Å². The lowest BCUT2D eigenvalue weighted by molar-refractivity contribution is 1.06. The number of rotatable bonds is 2. The Bertz CT molecular complexity index is 719. The normalized spacial score (nSPS) is 10.5. The third-order valence-electron chi connectivity index (χ3n) is 3.16. The molecule has 2 heterocycles. The summed E-state index contributed by atoms with van der Waals surface area (Å²) in [6, 6.07) is 14.3. The molecule has 3 heteroatoms. The van der Waals surface area contributed by atoms with Gasteiger partial charge in [0.25, 0.3) is 0 Å². The molecule has 98 valence electrons. The summed E-state index contributed by atoms with van der Waals surface area (Å²) in [6.07, 6.45) is 3.55. The summed E-state index contributed by atoms with van der Waals surface area (Å²) in [6.45, 7) is 4.00. The summed E-state index contributed by atoms with van der Waals surface area (Å²) < 4.78 is 0. The Hall–Kier alpha value is -2.55. The van der Waals surface area contributed by atoms with Crippen molar-refractivity contribution in [3.63, 3.8) is 0 Å². The maximum Gasteiger partial charge on any atom is 0.126 e. The van der Waals surface area contributed by atoms with Gasteiger partial charge in [-0.1, -0.05) is 29.8 Å². The molecule has 0 bridgehead atoms. The second kappa shape index (κ2) is 5.21.